The van der Waals surface area contributed by atoms with Gasteiger partial charge in [-0.3, -0.25) is 0 Å². The number of rotatable bonds is 4. The van der Waals surface area contributed by atoms with Gasteiger partial charge in [0.1, 0.15) is 0 Å². The van der Waals surface area contributed by atoms with Crippen LogP contribution in [-0.4, -0.2) is 36.7 Å². The molecule has 0 rings (SSSR count). The molecule has 0 unspecified atom stereocenters. The third kappa shape index (κ3) is 2.85. The average Bonchev–Trinajstić information content (AvgIpc) is 1.71. The molecule has 0 N–H and O–H groups in total. The van der Waals surface area contributed by atoms with E-state index in [4.69, 9.17) is 20.0 Å². The molecule has 0 aromatic carbocycles. The Balaban J connectivity index is 6.05. The Morgan fingerprint density at radius 3 is 0.812 bits per heavy atom. The van der Waals surface area contributed by atoms with Crippen molar-refractivity contribution in [3.05, 3.63) is 0 Å². The van der Waals surface area contributed by atoms with Crippen LogP contribution >= 0.6 is 20.0 Å². The van der Waals surface area contributed by atoms with Gasteiger partial charge in [0.25, 0.3) is 0 Å². The Morgan fingerprint density at radius 2 is 0.812 bits per heavy atom. The van der Waals surface area contributed by atoms with E-state index in [0.29, 0.717) is 3.12 Å². The van der Waals surface area contributed by atoms with Crippen molar-refractivity contribution in [3.63, 3.8) is 0 Å². The van der Waals surface area contributed by atoms with Crippen molar-refractivity contribution in [2.45, 2.75) is 62.0 Å². The van der Waals surface area contributed by atoms with E-state index in [0.717, 1.165) is 0 Å². The summed E-state index contributed by atoms with van der Waals surface area (Å²) in [6.45, 7) is 22.4. The van der Waals surface area contributed by atoms with Crippen LogP contribution in [0.1, 0.15) is 0 Å². The summed E-state index contributed by atoms with van der Waals surface area (Å²) in [6, 6.07) is 0. The zero-order valence-electron chi connectivity index (χ0n) is 12.3. The van der Waals surface area contributed by atoms with Gasteiger partial charge in [0.15, 0.2) is 0 Å². The SMILES string of the molecule is C[Si](C)(C)[C]([Ge]([Cl])[Cl])([Si](C)(C)C)[Si](C)(C)C. The fraction of sp³-hybridized carbons (Fsp3) is 1.00. The standard InChI is InChI=1S/C10H27Cl2GeSi3/c1-14(2,3)10(13(11)12,15(4,5)6)16(7,8)9/h1-9H3. The summed E-state index contributed by atoms with van der Waals surface area (Å²) < 4.78 is 0.427. The van der Waals surface area contributed by atoms with E-state index >= 15 is 0 Å². The number of hydrogen-bond acceptors (Lipinski definition) is 0. The van der Waals surface area contributed by atoms with Gasteiger partial charge in [0, 0.05) is 0 Å². The van der Waals surface area contributed by atoms with Gasteiger partial charge in [-0.2, -0.15) is 0 Å². The average molecular weight is 375 g/mol. The minimum atomic E-state index is -1.96. The Labute approximate surface area is 118 Å². The second-order valence-corrected chi connectivity index (χ2v) is 35.8. The van der Waals surface area contributed by atoms with Crippen molar-refractivity contribution in [2.75, 3.05) is 0 Å². The maximum atomic E-state index is 6.69. The molecule has 0 aromatic heterocycles. The van der Waals surface area contributed by atoms with Crippen molar-refractivity contribution in [1.82, 2.24) is 0 Å². The quantitative estimate of drug-likeness (QED) is 0.583. The second-order valence-electron chi connectivity index (χ2n) is 7.76. The molecule has 6 heteroatoms. The molecular weight excluding hydrogens is 348 g/mol. The van der Waals surface area contributed by atoms with Crippen LogP contribution < -0.4 is 0 Å². The first-order valence-corrected chi connectivity index (χ1v) is 22.9. The van der Waals surface area contributed by atoms with Gasteiger partial charge >= 0.3 is 119 Å². The summed E-state index contributed by atoms with van der Waals surface area (Å²) >= 11 is -1.96. The van der Waals surface area contributed by atoms with Gasteiger partial charge in [0.05, 0.1) is 0 Å². The van der Waals surface area contributed by atoms with Crippen LogP contribution in [0.15, 0.2) is 0 Å². The molecule has 97 valence electrons. The first-order chi connectivity index (χ1) is 6.69. The van der Waals surface area contributed by atoms with E-state index in [1.54, 1.807) is 0 Å². The van der Waals surface area contributed by atoms with Crippen LogP contribution in [0.3, 0.4) is 0 Å². The van der Waals surface area contributed by atoms with E-state index in [9.17, 15) is 0 Å². The maximum absolute atomic E-state index is 6.69. The Hall–Kier alpha value is 1.77. The zero-order chi connectivity index (χ0) is 13.6. The van der Waals surface area contributed by atoms with Crippen molar-refractivity contribution in [3.8, 4) is 0 Å². The van der Waals surface area contributed by atoms with Gasteiger partial charge in [-0.05, 0) is 0 Å². The monoisotopic (exact) mass is 375 g/mol. The predicted molar refractivity (Wildman–Crippen MR) is 90.2 cm³/mol. The molecule has 0 spiro atoms. The van der Waals surface area contributed by atoms with Crippen LogP contribution in [0.4, 0.5) is 0 Å². The van der Waals surface area contributed by atoms with Crippen molar-refractivity contribution in [2.24, 2.45) is 0 Å². The Kier molecular flexibility index (Phi) is 5.60. The van der Waals surface area contributed by atoms with Crippen LogP contribution in [0.25, 0.3) is 0 Å². The molecule has 0 saturated heterocycles. The molecule has 0 saturated carbocycles. The van der Waals surface area contributed by atoms with Gasteiger partial charge in [-0.1, -0.05) is 0 Å². The van der Waals surface area contributed by atoms with Gasteiger partial charge in [-0.15, -0.1) is 0 Å². The first kappa shape index (κ1) is 17.8. The summed E-state index contributed by atoms with van der Waals surface area (Å²) in [5, 5.41) is 0. The summed E-state index contributed by atoms with van der Waals surface area (Å²) in [5.41, 5.74) is 0. The van der Waals surface area contributed by atoms with E-state index in [1.807, 2.05) is 0 Å². The Morgan fingerprint density at radius 1 is 0.625 bits per heavy atom. The van der Waals surface area contributed by atoms with Crippen LogP contribution in [0.5, 0.6) is 0 Å². The molecule has 0 amide bonds. The zero-order valence-corrected chi connectivity index (χ0v) is 18.9. The molecule has 0 nitrogen and oxygen atoms in total. The van der Waals surface area contributed by atoms with Crippen LogP contribution in [-0.2, 0) is 0 Å². The summed E-state index contributed by atoms with van der Waals surface area (Å²) in [7, 11) is 9.37. The number of halogens is 2. The number of hydrogen-bond donors (Lipinski definition) is 0. The molecule has 0 bridgehead atoms. The topological polar surface area (TPSA) is 0 Å². The first-order valence-electron chi connectivity index (χ1n) is 5.88. The van der Waals surface area contributed by atoms with E-state index in [1.165, 1.54) is 0 Å². The molecule has 0 heterocycles. The third-order valence-electron chi connectivity index (χ3n) is 3.66. The van der Waals surface area contributed by atoms with Crippen molar-refractivity contribution >= 4 is 56.7 Å². The molecule has 0 atom stereocenters. The molecule has 16 heavy (non-hydrogen) atoms. The fourth-order valence-electron chi connectivity index (χ4n) is 4.23. The molecule has 1 radical (unpaired) electrons. The fourth-order valence-corrected chi connectivity index (χ4v) is 70.1. The van der Waals surface area contributed by atoms with Crippen LogP contribution in [0, 0.1) is 0 Å². The molecular formula is C10H27Cl2GeSi3. The van der Waals surface area contributed by atoms with Crippen LogP contribution in [0.2, 0.25) is 62.0 Å². The summed E-state index contributed by atoms with van der Waals surface area (Å²) in [6.07, 6.45) is 0. The predicted octanol–water partition coefficient (Wildman–Crippen LogP) is 5.32. The third-order valence-corrected chi connectivity index (χ3v) is 51.0. The molecule has 0 aliphatic carbocycles. The van der Waals surface area contributed by atoms with Gasteiger partial charge in [0.2, 0.25) is 0 Å². The Bertz CT molecular complexity index is 212. The van der Waals surface area contributed by atoms with Crippen molar-refractivity contribution in [1.29, 1.82) is 0 Å². The van der Waals surface area contributed by atoms with Crippen molar-refractivity contribution < 1.29 is 0 Å². The molecule has 0 aromatic rings. The minimum absolute atomic E-state index is 0.427. The van der Waals surface area contributed by atoms with Gasteiger partial charge < -0.3 is 0 Å². The van der Waals surface area contributed by atoms with E-state index in [-0.39, 0.29) is 0 Å². The summed E-state index contributed by atoms with van der Waals surface area (Å²) in [4.78, 5) is 0. The van der Waals surface area contributed by atoms with E-state index < -0.39 is 36.7 Å². The second kappa shape index (κ2) is 5.04. The molecule has 0 fully saturated rings. The van der Waals surface area contributed by atoms with Gasteiger partial charge in [-0.25, -0.2) is 0 Å². The normalized spacial score (nSPS) is 15.8. The molecule has 0 aliphatic rings. The van der Waals surface area contributed by atoms with E-state index in [2.05, 4.69) is 58.9 Å². The summed E-state index contributed by atoms with van der Waals surface area (Å²) in [5.74, 6) is 0. The molecule has 0 aliphatic heterocycles.